The first-order valence-corrected chi connectivity index (χ1v) is 5.71. The Morgan fingerprint density at radius 2 is 2.17 bits per heavy atom. The van der Waals surface area contributed by atoms with Crippen molar-refractivity contribution in [3.05, 3.63) is 22.8 Å². The molecule has 0 saturated heterocycles. The lowest BCUT2D eigenvalue weighted by Gasteiger charge is -2.19. The summed E-state index contributed by atoms with van der Waals surface area (Å²) in [7, 11) is 1.58. The van der Waals surface area contributed by atoms with E-state index in [0.29, 0.717) is 6.54 Å². The minimum Gasteiger partial charge on any atom is -0.478 e. The maximum Gasteiger partial charge on any atom is 0.339 e. The molecule has 0 aliphatic heterocycles. The molecule has 1 aromatic rings. The van der Waals surface area contributed by atoms with E-state index in [4.69, 9.17) is 16.7 Å². The molecule has 0 radical (unpaired) electrons. The first kappa shape index (κ1) is 14.2. The van der Waals surface area contributed by atoms with Crippen LogP contribution in [0.2, 0.25) is 5.15 Å². The van der Waals surface area contributed by atoms with E-state index in [-0.39, 0.29) is 29.0 Å². The summed E-state index contributed by atoms with van der Waals surface area (Å²) in [6.07, 6.45) is 0. The Morgan fingerprint density at radius 1 is 1.50 bits per heavy atom. The van der Waals surface area contributed by atoms with Crippen LogP contribution in [0.5, 0.6) is 0 Å². The monoisotopic (exact) mass is 271 g/mol. The van der Waals surface area contributed by atoms with Crippen LogP contribution in [0.4, 0.5) is 5.82 Å². The van der Waals surface area contributed by atoms with Gasteiger partial charge in [-0.05, 0) is 19.1 Å². The summed E-state index contributed by atoms with van der Waals surface area (Å²) in [5, 5.41) is 11.8. The van der Waals surface area contributed by atoms with Gasteiger partial charge >= 0.3 is 5.97 Å². The van der Waals surface area contributed by atoms with Crippen LogP contribution >= 0.6 is 11.6 Å². The molecular weight excluding hydrogens is 258 g/mol. The van der Waals surface area contributed by atoms with E-state index in [2.05, 4.69) is 10.3 Å². The maximum atomic E-state index is 11.4. The Bertz CT molecular complexity index is 465. The van der Waals surface area contributed by atoms with Crippen LogP contribution in [0.1, 0.15) is 17.3 Å². The number of anilines is 1. The molecule has 6 nitrogen and oxygen atoms in total. The van der Waals surface area contributed by atoms with E-state index in [1.807, 2.05) is 0 Å². The second kappa shape index (κ2) is 6.20. The normalized spacial score (nSPS) is 9.94. The number of carbonyl (C=O) groups excluding carboxylic acids is 1. The van der Waals surface area contributed by atoms with Crippen molar-refractivity contribution in [1.29, 1.82) is 0 Å². The number of halogens is 1. The summed E-state index contributed by atoms with van der Waals surface area (Å²) in [6.45, 7) is 2.33. The summed E-state index contributed by atoms with van der Waals surface area (Å²) in [5.74, 6) is -1.16. The number of pyridine rings is 1. The number of carbonyl (C=O) groups is 2. The largest absolute Gasteiger partial charge is 0.478 e. The summed E-state index contributed by atoms with van der Waals surface area (Å²) >= 11 is 5.73. The second-order valence-corrected chi connectivity index (χ2v) is 4.01. The van der Waals surface area contributed by atoms with Crippen molar-refractivity contribution in [2.75, 3.05) is 25.0 Å². The van der Waals surface area contributed by atoms with E-state index in [1.54, 1.807) is 14.0 Å². The SMILES string of the molecule is CCNC(=O)CN(C)c1nc(Cl)ccc1C(=O)O. The number of amides is 1. The zero-order chi connectivity index (χ0) is 13.7. The second-order valence-electron chi connectivity index (χ2n) is 3.62. The van der Waals surface area contributed by atoms with Crippen molar-refractivity contribution in [1.82, 2.24) is 10.3 Å². The Balaban J connectivity index is 2.96. The molecule has 0 fully saturated rings. The minimum atomic E-state index is -1.11. The summed E-state index contributed by atoms with van der Waals surface area (Å²) < 4.78 is 0. The summed E-state index contributed by atoms with van der Waals surface area (Å²) in [4.78, 5) is 27.9. The van der Waals surface area contributed by atoms with Gasteiger partial charge in [-0.2, -0.15) is 0 Å². The van der Waals surface area contributed by atoms with E-state index in [1.165, 1.54) is 17.0 Å². The Morgan fingerprint density at radius 3 is 2.72 bits per heavy atom. The number of hydrogen-bond acceptors (Lipinski definition) is 4. The van der Waals surface area contributed by atoms with Crippen LogP contribution in [-0.2, 0) is 4.79 Å². The van der Waals surface area contributed by atoms with E-state index in [0.717, 1.165) is 0 Å². The molecule has 1 heterocycles. The zero-order valence-corrected chi connectivity index (χ0v) is 10.9. The average Bonchev–Trinajstić information content (AvgIpc) is 2.28. The lowest BCUT2D eigenvalue weighted by Crippen LogP contribution is -2.36. The minimum absolute atomic E-state index is 0.00574. The molecule has 1 rings (SSSR count). The standard InChI is InChI=1S/C11H14ClN3O3/c1-3-13-9(16)6-15(2)10-7(11(17)18)4-5-8(12)14-10/h4-5H,3,6H2,1-2H3,(H,13,16)(H,17,18). The molecule has 7 heteroatoms. The highest BCUT2D eigenvalue weighted by atomic mass is 35.5. The van der Waals surface area contributed by atoms with E-state index >= 15 is 0 Å². The Labute approximate surface area is 110 Å². The fourth-order valence-corrected chi connectivity index (χ4v) is 1.57. The van der Waals surface area contributed by atoms with Gasteiger partial charge in [-0.25, -0.2) is 9.78 Å². The van der Waals surface area contributed by atoms with Crippen LogP contribution < -0.4 is 10.2 Å². The first-order valence-electron chi connectivity index (χ1n) is 5.33. The smallest absolute Gasteiger partial charge is 0.339 e. The molecule has 98 valence electrons. The highest BCUT2D eigenvalue weighted by Gasteiger charge is 2.17. The van der Waals surface area contributed by atoms with Crippen LogP contribution in [0.3, 0.4) is 0 Å². The van der Waals surface area contributed by atoms with Crippen molar-refractivity contribution < 1.29 is 14.7 Å². The van der Waals surface area contributed by atoms with Crippen molar-refractivity contribution in [3.8, 4) is 0 Å². The van der Waals surface area contributed by atoms with Crippen LogP contribution in [-0.4, -0.2) is 42.1 Å². The molecule has 0 aliphatic carbocycles. The number of hydrogen-bond donors (Lipinski definition) is 2. The molecule has 0 aromatic carbocycles. The Kier molecular flexibility index (Phi) is 4.91. The summed E-state index contributed by atoms with van der Waals surface area (Å²) in [6, 6.07) is 2.76. The third kappa shape index (κ3) is 3.59. The predicted molar refractivity (Wildman–Crippen MR) is 68.2 cm³/mol. The van der Waals surface area contributed by atoms with Crippen molar-refractivity contribution >= 4 is 29.3 Å². The summed E-state index contributed by atoms with van der Waals surface area (Å²) in [5.41, 5.74) is 0.00574. The van der Waals surface area contributed by atoms with E-state index < -0.39 is 5.97 Å². The number of rotatable bonds is 5. The maximum absolute atomic E-state index is 11.4. The van der Waals surface area contributed by atoms with Crippen molar-refractivity contribution in [2.24, 2.45) is 0 Å². The quantitative estimate of drug-likeness (QED) is 0.781. The van der Waals surface area contributed by atoms with Gasteiger partial charge in [0.1, 0.15) is 16.5 Å². The highest BCUT2D eigenvalue weighted by Crippen LogP contribution is 2.19. The molecule has 1 aromatic heterocycles. The van der Waals surface area contributed by atoms with Crippen LogP contribution in [0, 0.1) is 0 Å². The van der Waals surface area contributed by atoms with Gasteiger partial charge in [0.25, 0.3) is 0 Å². The van der Waals surface area contributed by atoms with Gasteiger partial charge in [-0.3, -0.25) is 4.79 Å². The third-order valence-electron chi connectivity index (χ3n) is 2.19. The average molecular weight is 272 g/mol. The molecule has 1 amide bonds. The molecule has 0 aliphatic rings. The number of carboxylic acids is 1. The number of nitrogens with one attached hydrogen (secondary N) is 1. The topological polar surface area (TPSA) is 82.5 Å². The van der Waals surface area contributed by atoms with Gasteiger partial charge in [0, 0.05) is 13.6 Å². The molecule has 2 N–H and O–H groups in total. The number of nitrogens with zero attached hydrogens (tertiary/aromatic N) is 2. The zero-order valence-electron chi connectivity index (χ0n) is 10.1. The number of aromatic nitrogens is 1. The van der Waals surface area contributed by atoms with Gasteiger partial charge in [-0.15, -0.1) is 0 Å². The van der Waals surface area contributed by atoms with Crippen molar-refractivity contribution in [2.45, 2.75) is 6.92 Å². The fraction of sp³-hybridized carbons (Fsp3) is 0.364. The lowest BCUT2D eigenvalue weighted by atomic mass is 10.2. The third-order valence-corrected chi connectivity index (χ3v) is 2.40. The van der Waals surface area contributed by atoms with Crippen LogP contribution in [0.25, 0.3) is 0 Å². The number of likely N-dealkylation sites (N-methyl/N-ethyl adjacent to an activating group) is 2. The first-order chi connectivity index (χ1) is 8.45. The highest BCUT2D eigenvalue weighted by molar-refractivity contribution is 6.29. The van der Waals surface area contributed by atoms with Crippen LogP contribution in [0.15, 0.2) is 12.1 Å². The number of carboxylic acid groups (broad SMARTS) is 1. The molecule has 0 bridgehead atoms. The van der Waals surface area contributed by atoms with Gasteiger partial charge in [0.15, 0.2) is 0 Å². The lowest BCUT2D eigenvalue weighted by molar-refractivity contribution is -0.119. The molecule has 0 spiro atoms. The molecule has 0 atom stereocenters. The van der Waals surface area contributed by atoms with Gasteiger partial charge in [0.05, 0.1) is 6.54 Å². The molecule has 0 saturated carbocycles. The fourth-order valence-electron chi connectivity index (χ4n) is 1.43. The predicted octanol–water partition coefficient (Wildman–Crippen LogP) is 1.01. The molecule has 18 heavy (non-hydrogen) atoms. The van der Waals surface area contributed by atoms with E-state index in [9.17, 15) is 9.59 Å². The molecular formula is C11H14ClN3O3. The van der Waals surface area contributed by atoms with Gasteiger partial charge < -0.3 is 15.3 Å². The van der Waals surface area contributed by atoms with Gasteiger partial charge in [0.2, 0.25) is 5.91 Å². The number of aromatic carboxylic acids is 1. The molecule has 0 unspecified atom stereocenters. The van der Waals surface area contributed by atoms with Crippen molar-refractivity contribution in [3.63, 3.8) is 0 Å². The van der Waals surface area contributed by atoms with Gasteiger partial charge in [-0.1, -0.05) is 11.6 Å². The Hall–Kier alpha value is -1.82.